The summed E-state index contributed by atoms with van der Waals surface area (Å²) in [5.41, 5.74) is 2.03. The number of amides is 1. The van der Waals surface area contributed by atoms with Crippen molar-refractivity contribution in [2.75, 3.05) is 0 Å². The molecule has 0 bridgehead atoms. The maximum absolute atomic E-state index is 12.5. The third kappa shape index (κ3) is 3.84. The fraction of sp³-hybridized carbons (Fsp3) is 0.526. The summed E-state index contributed by atoms with van der Waals surface area (Å²) in [4.78, 5) is 35.7. The quantitative estimate of drug-likeness (QED) is 0.842. The molecule has 142 valence electrons. The van der Waals surface area contributed by atoms with E-state index in [0.717, 1.165) is 62.6 Å². The van der Waals surface area contributed by atoms with E-state index < -0.39 is 0 Å². The summed E-state index contributed by atoms with van der Waals surface area (Å²) in [6.45, 7) is 0. The van der Waals surface area contributed by atoms with Gasteiger partial charge in [0, 0.05) is 18.2 Å². The molecule has 4 rings (SSSR count). The largest absolute Gasteiger partial charge is 0.348 e. The van der Waals surface area contributed by atoms with Crippen molar-refractivity contribution in [1.29, 1.82) is 0 Å². The van der Waals surface area contributed by atoms with Crippen molar-refractivity contribution in [3.8, 4) is 0 Å². The minimum absolute atomic E-state index is 0.0134. The molecule has 0 aliphatic heterocycles. The van der Waals surface area contributed by atoms with E-state index in [9.17, 15) is 14.4 Å². The highest BCUT2D eigenvalue weighted by molar-refractivity contribution is 5.92. The van der Waals surface area contributed by atoms with Gasteiger partial charge in [0.1, 0.15) is 5.69 Å². The van der Waals surface area contributed by atoms with Gasteiger partial charge >= 0.3 is 0 Å². The summed E-state index contributed by atoms with van der Waals surface area (Å²) in [6, 6.07) is 4.58. The van der Waals surface area contributed by atoms with Crippen molar-refractivity contribution in [3.63, 3.8) is 0 Å². The molecule has 0 spiro atoms. The highest BCUT2D eigenvalue weighted by Crippen LogP contribution is 2.28. The number of aromatic amines is 1. The van der Waals surface area contributed by atoms with Gasteiger partial charge in [-0.2, -0.15) is 10.2 Å². The second kappa shape index (κ2) is 7.46. The number of hydrogen-bond donors (Lipinski definition) is 2. The Balaban J connectivity index is 1.39. The first-order valence-corrected chi connectivity index (χ1v) is 9.58. The predicted molar refractivity (Wildman–Crippen MR) is 98.8 cm³/mol. The fourth-order valence-corrected chi connectivity index (χ4v) is 4.03. The number of fused-ring (bicyclic) bond motifs is 1. The number of rotatable bonds is 3. The summed E-state index contributed by atoms with van der Waals surface area (Å²) < 4.78 is 1.66. The van der Waals surface area contributed by atoms with Crippen LogP contribution in [0.15, 0.2) is 27.8 Å². The molecule has 1 fully saturated rings. The molecule has 0 radical (unpaired) electrons. The normalized spacial score (nSPS) is 22.1. The number of aryl methyl sites for hydroxylation is 2. The van der Waals surface area contributed by atoms with Crippen LogP contribution in [0, 0.1) is 0 Å². The fourth-order valence-electron chi connectivity index (χ4n) is 4.03. The van der Waals surface area contributed by atoms with Gasteiger partial charge in [-0.15, -0.1) is 0 Å². The van der Waals surface area contributed by atoms with E-state index in [1.807, 2.05) is 0 Å². The Morgan fingerprint density at radius 1 is 1.11 bits per heavy atom. The maximum atomic E-state index is 12.5. The number of hydrogen-bond acceptors (Lipinski definition) is 5. The molecular formula is C19H23N5O3. The second-order valence-electron chi connectivity index (χ2n) is 7.39. The Morgan fingerprint density at radius 2 is 1.89 bits per heavy atom. The van der Waals surface area contributed by atoms with Gasteiger partial charge in [0.25, 0.3) is 17.0 Å². The molecule has 2 aliphatic carbocycles. The van der Waals surface area contributed by atoms with E-state index in [-0.39, 0.29) is 34.8 Å². The van der Waals surface area contributed by atoms with Crippen LogP contribution in [0.3, 0.4) is 0 Å². The zero-order valence-electron chi connectivity index (χ0n) is 15.1. The standard InChI is InChI=1S/C19H23N5O3/c25-17-10-9-16(21-22-17)19(27)20-13-5-7-14(8-6-13)24-18(26)11-12-3-1-2-4-15(12)23-24/h9-11,13-14H,1-8H2,(H,20,27)(H,22,25). The summed E-state index contributed by atoms with van der Waals surface area (Å²) in [6.07, 6.45) is 7.34. The van der Waals surface area contributed by atoms with Gasteiger partial charge < -0.3 is 5.32 Å². The van der Waals surface area contributed by atoms with E-state index >= 15 is 0 Å². The number of H-pyrrole nitrogens is 1. The van der Waals surface area contributed by atoms with Gasteiger partial charge in [-0.05, 0) is 63.0 Å². The number of carbonyl (C=O) groups is 1. The Bertz CT molecular complexity index is 936. The monoisotopic (exact) mass is 369 g/mol. The molecule has 8 heteroatoms. The van der Waals surface area contributed by atoms with Crippen LogP contribution in [-0.4, -0.2) is 31.9 Å². The lowest BCUT2D eigenvalue weighted by molar-refractivity contribution is 0.0915. The highest BCUT2D eigenvalue weighted by Gasteiger charge is 2.26. The van der Waals surface area contributed by atoms with E-state index in [4.69, 9.17) is 0 Å². The van der Waals surface area contributed by atoms with E-state index in [0.29, 0.717) is 0 Å². The van der Waals surface area contributed by atoms with Crippen molar-refractivity contribution in [1.82, 2.24) is 25.3 Å². The third-order valence-electron chi connectivity index (χ3n) is 5.52. The van der Waals surface area contributed by atoms with Crippen molar-refractivity contribution in [3.05, 3.63) is 55.9 Å². The predicted octanol–water partition coefficient (Wildman–Crippen LogP) is 1.12. The average molecular weight is 369 g/mol. The summed E-state index contributed by atoms with van der Waals surface area (Å²) in [5, 5.41) is 13.6. The summed E-state index contributed by atoms with van der Waals surface area (Å²) in [7, 11) is 0. The Kier molecular flexibility index (Phi) is 4.87. The molecule has 1 amide bonds. The summed E-state index contributed by atoms with van der Waals surface area (Å²) in [5.74, 6) is -0.293. The van der Waals surface area contributed by atoms with Crippen molar-refractivity contribution in [2.45, 2.75) is 63.5 Å². The molecule has 8 nitrogen and oxygen atoms in total. The van der Waals surface area contributed by atoms with Gasteiger partial charge in [0.2, 0.25) is 0 Å². The molecule has 0 aromatic carbocycles. The van der Waals surface area contributed by atoms with Crippen LogP contribution < -0.4 is 16.4 Å². The lowest BCUT2D eigenvalue weighted by Crippen LogP contribution is -2.40. The van der Waals surface area contributed by atoms with Crippen molar-refractivity contribution < 1.29 is 4.79 Å². The van der Waals surface area contributed by atoms with Crippen molar-refractivity contribution in [2.24, 2.45) is 0 Å². The molecular weight excluding hydrogens is 346 g/mol. The Hall–Kier alpha value is -2.77. The average Bonchev–Trinajstić information content (AvgIpc) is 2.68. The van der Waals surface area contributed by atoms with Crippen LogP contribution >= 0.6 is 0 Å². The smallest absolute Gasteiger partial charge is 0.271 e. The second-order valence-corrected chi connectivity index (χ2v) is 7.39. The molecule has 2 aliphatic rings. The number of carbonyl (C=O) groups excluding carboxylic acids is 1. The first kappa shape index (κ1) is 17.6. The Labute approximate surface area is 156 Å². The topological polar surface area (TPSA) is 110 Å². The molecule has 0 unspecified atom stereocenters. The number of nitrogens with one attached hydrogen (secondary N) is 2. The van der Waals surface area contributed by atoms with Crippen LogP contribution in [0.25, 0.3) is 0 Å². The molecule has 2 aromatic rings. The highest BCUT2D eigenvalue weighted by atomic mass is 16.2. The number of aromatic nitrogens is 4. The van der Waals surface area contributed by atoms with Crippen LogP contribution in [-0.2, 0) is 12.8 Å². The summed E-state index contributed by atoms with van der Waals surface area (Å²) >= 11 is 0. The molecule has 2 N–H and O–H groups in total. The first-order valence-electron chi connectivity index (χ1n) is 9.58. The van der Waals surface area contributed by atoms with Crippen molar-refractivity contribution >= 4 is 5.91 Å². The minimum atomic E-state index is -0.338. The van der Waals surface area contributed by atoms with Gasteiger partial charge in [0.15, 0.2) is 0 Å². The molecule has 0 atom stereocenters. The molecule has 0 saturated heterocycles. The minimum Gasteiger partial charge on any atom is -0.348 e. The van der Waals surface area contributed by atoms with Crippen LogP contribution in [0.4, 0.5) is 0 Å². The van der Waals surface area contributed by atoms with E-state index in [2.05, 4.69) is 20.6 Å². The molecule has 1 saturated carbocycles. The van der Waals surface area contributed by atoms with Gasteiger partial charge in [0.05, 0.1) is 11.7 Å². The Morgan fingerprint density at radius 3 is 2.63 bits per heavy atom. The van der Waals surface area contributed by atoms with E-state index in [1.54, 1.807) is 10.7 Å². The lowest BCUT2D eigenvalue weighted by atomic mass is 9.91. The third-order valence-corrected chi connectivity index (χ3v) is 5.52. The zero-order valence-corrected chi connectivity index (χ0v) is 15.1. The molecule has 2 heterocycles. The van der Waals surface area contributed by atoms with Gasteiger partial charge in [-0.25, -0.2) is 9.78 Å². The molecule has 27 heavy (non-hydrogen) atoms. The SMILES string of the molecule is O=C(NC1CCC(n2nc3c(cc2=O)CCCC3)CC1)c1ccc(=O)[nH]n1. The van der Waals surface area contributed by atoms with Crippen LogP contribution in [0.2, 0.25) is 0 Å². The van der Waals surface area contributed by atoms with Crippen LogP contribution in [0.1, 0.15) is 66.3 Å². The number of nitrogens with zero attached hydrogens (tertiary/aromatic N) is 3. The van der Waals surface area contributed by atoms with Gasteiger partial charge in [-0.1, -0.05) is 0 Å². The zero-order chi connectivity index (χ0) is 18.8. The van der Waals surface area contributed by atoms with E-state index in [1.165, 1.54) is 12.1 Å². The maximum Gasteiger partial charge on any atom is 0.271 e. The first-order chi connectivity index (χ1) is 13.1. The molecule has 2 aromatic heterocycles. The lowest BCUT2D eigenvalue weighted by Gasteiger charge is -2.30. The van der Waals surface area contributed by atoms with Gasteiger partial charge in [-0.3, -0.25) is 14.4 Å². The van der Waals surface area contributed by atoms with Crippen LogP contribution in [0.5, 0.6) is 0 Å².